The van der Waals surface area contributed by atoms with Crippen LogP contribution in [0.1, 0.15) is 11.1 Å². The first-order valence-electron chi connectivity index (χ1n) is 7.95. The van der Waals surface area contributed by atoms with E-state index >= 15 is 0 Å². The number of nitrogens with one attached hydrogen (secondary N) is 2. The van der Waals surface area contributed by atoms with Crippen LogP contribution in [0.3, 0.4) is 0 Å². The van der Waals surface area contributed by atoms with Crippen LogP contribution in [0.15, 0.2) is 64.6 Å². The fourth-order valence-electron chi connectivity index (χ4n) is 2.13. The Morgan fingerprint density at radius 1 is 1.15 bits per heavy atom. The molecule has 8 heteroatoms. The summed E-state index contributed by atoms with van der Waals surface area (Å²) in [4.78, 5) is 23.9. The maximum Gasteiger partial charge on any atom is 0.277 e. The monoisotopic (exact) mass is 397 g/mol. The Labute approximate surface area is 165 Å². The minimum absolute atomic E-state index is 0.154. The maximum atomic E-state index is 11.8. The van der Waals surface area contributed by atoms with Gasteiger partial charge in [-0.2, -0.15) is 5.10 Å². The first-order valence-corrected chi connectivity index (χ1v) is 9.17. The lowest BCUT2D eigenvalue weighted by Gasteiger charge is -2.05. The van der Waals surface area contributed by atoms with E-state index in [1.807, 2.05) is 30.3 Å². The number of thiocarbonyl (C=S) groups is 1. The number of amides is 2. The Kier molecular flexibility index (Phi) is 6.35. The molecule has 2 aromatic rings. The summed E-state index contributed by atoms with van der Waals surface area (Å²) in [6, 6.07) is 16.5. The zero-order valence-electron chi connectivity index (χ0n) is 14.0. The molecular formula is C19H15N3O3S2. The van der Waals surface area contributed by atoms with Gasteiger partial charge in [-0.25, -0.2) is 5.43 Å². The standard InChI is InChI=1S/C19H15N3O3S2/c23-17(22-20-11-14-4-2-1-3-5-14)12-25-15-8-6-13(7-9-15)10-16-18(24)21-19(26)27-16/h1-11H,12H2,(H,22,23)(H,21,24,26)/b16-10+,20-11+. The van der Waals surface area contributed by atoms with Crippen LogP contribution in [-0.4, -0.2) is 29.0 Å². The zero-order valence-corrected chi connectivity index (χ0v) is 15.7. The fourth-order valence-corrected chi connectivity index (χ4v) is 3.18. The minimum Gasteiger partial charge on any atom is -0.484 e. The van der Waals surface area contributed by atoms with Gasteiger partial charge in [-0.3, -0.25) is 9.59 Å². The third kappa shape index (κ3) is 5.77. The molecule has 0 bridgehead atoms. The van der Waals surface area contributed by atoms with Gasteiger partial charge in [-0.05, 0) is 29.3 Å². The molecule has 0 aromatic heterocycles. The molecule has 0 atom stereocenters. The van der Waals surface area contributed by atoms with Crippen LogP contribution in [0.4, 0.5) is 0 Å². The van der Waals surface area contributed by atoms with Crippen molar-refractivity contribution < 1.29 is 14.3 Å². The highest BCUT2D eigenvalue weighted by atomic mass is 32.2. The molecule has 0 spiro atoms. The lowest BCUT2D eigenvalue weighted by Crippen LogP contribution is -2.24. The van der Waals surface area contributed by atoms with Crippen LogP contribution in [0.25, 0.3) is 6.08 Å². The molecule has 2 N–H and O–H groups in total. The predicted molar refractivity (Wildman–Crippen MR) is 110 cm³/mol. The number of ether oxygens (including phenoxy) is 1. The van der Waals surface area contributed by atoms with Crippen molar-refractivity contribution in [1.82, 2.24) is 10.7 Å². The molecule has 2 aromatic carbocycles. The molecule has 6 nitrogen and oxygen atoms in total. The Morgan fingerprint density at radius 3 is 2.56 bits per heavy atom. The van der Waals surface area contributed by atoms with Crippen molar-refractivity contribution in [1.29, 1.82) is 0 Å². The van der Waals surface area contributed by atoms with Crippen LogP contribution in [0.5, 0.6) is 5.75 Å². The summed E-state index contributed by atoms with van der Waals surface area (Å²) in [5.74, 6) is -0.0163. The molecule has 1 aliphatic heterocycles. The van der Waals surface area contributed by atoms with Crippen molar-refractivity contribution in [3.8, 4) is 5.75 Å². The zero-order chi connectivity index (χ0) is 19.1. The summed E-state index contributed by atoms with van der Waals surface area (Å²) in [6.45, 7) is -0.154. The van der Waals surface area contributed by atoms with E-state index < -0.39 is 0 Å². The molecule has 0 radical (unpaired) electrons. The average molecular weight is 397 g/mol. The van der Waals surface area contributed by atoms with Crippen LogP contribution in [0, 0.1) is 0 Å². The highest BCUT2D eigenvalue weighted by Gasteiger charge is 2.21. The average Bonchev–Trinajstić information content (AvgIpc) is 2.99. The van der Waals surface area contributed by atoms with Gasteiger partial charge < -0.3 is 10.1 Å². The molecule has 2 amide bonds. The quantitative estimate of drug-likeness (QED) is 0.339. The van der Waals surface area contributed by atoms with E-state index in [4.69, 9.17) is 17.0 Å². The van der Waals surface area contributed by atoms with E-state index in [1.54, 1.807) is 36.6 Å². The SMILES string of the molecule is O=C(COc1ccc(/C=C2/SC(=S)NC2=O)cc1)N/N=C/c1ccccc1. The van der Waals surface area contributed by atoms with Crippen molar-refractivity contribution in [3.05, 3.63) is 70.6 Å². The molecular weight excluding hydrogens is 382 g/mol. The first-order chi connectivity index (χ1) is 13.1. The van der Waals surface area contributed by atoms with Crippen molar-refractivity contribution in [2.24, 2.45) is 5.10 Å². The van der Waals surface area contributed by atoms with Gasteiger partial charge in [0, 0.05) is 0 Å². The van der Waals surface area contributed by atoms with Crippen LogP contribution < -0.4 is 15.5 Å². The largest absolute Gasteiger partial charge is 0.484 e. The number of rotatable bonds is 6. The van der Waals surface area contributed by atoms with Crippen LogP contribution >= 0.6 is 24.0 Å². The number of carbonyl (C=O) groups is 2. The Balaban J connectivity index is 1.48. The second-order valence-electron chi connectivity index (χ2n) is 5.41. The minimum atomic E-state index is -0.360. The van der Waals surface area contributed by atoms with Gasteiger partial charge in [0.1, 0.15) is 10.1 Å². The van der Waals surface area contributed by atoms with Crippen LogP contribution in [0.2, 0.25) is 0 Å². The van der Waals surface area contributed by atoms with E-state index in [0.29, 0.717) is 15.0 Å². The van der Waals surface area contributed by atoms with Gasteiger partial charge in [0.15, 0.2) is 6.61 Å². The summed E-state index contributed by atoms with van der Waals surface area (Å²) < 4.78 is 5.87. The second kappa shape index (κ2) is 9.11. The summed E-state index contributed by atoms with van der Waals surface area (Å²) in [7, 11) is 0. The van der Waals surface area contributed by atoms with Gasteiger partial charge >= 0.3 is 0 Å². The molecule has 0 saturated carbocycles. The molecule has 136 valence electrons. The number of hydrazone groups is 1. The molecule has 3 rings (SSSR count). The van der Waals surface area contributed by atoms with E-state index in [0.717, 1.165) is 11.1 Å². The Hall–Kier alpha value is -2.97. The Morgan fingerprint density at radius 2 is 1.89 bits per heavy atom. The smallest absolute Gasteiger partial charge is 0.277 e. The molecule has 0 unspecified atom stereocenters. The fraction of sp³-hybridized carbons (Fsp3) is 0.0526. The van der Waals surface area contributed by atoms with Crippen molar-refractivity contribution in [2.45, 2.75) is 0 Å². The van der Waals surface area contributed by atoms with Gasteiger partial charge in [-0.15, -0.1) is 0 Å². The highest BCUT2D eigenvalue weighted by molar-refractivity contribution is 8.26. The van der Waals surface area contributed by atoms with Gasteiger partial charge in [0.25, 0.3) is 11.8 Å². The molecule has 1 fully saturated rings. The molecule has 1 heterocycles. The van der Waals surface area contributed by atoms with Gasteiger partial charge in [0.2, 0.25) is 0 Å². The topological polar surface area (TPSA) is 79.8 Å². The van der Waals surface area contributed by atoms with Crippen LogP contribution in [-0.2, 0) is 9.59 Å². The molecule has 0 aliphatic carbocycles. The number of benzene rings is 2. The lowest BCUT2D eigenvalue weighted by molar-refractivity contribution is -0.123. The highest BCUT2D eigenvalue weighted by Crippen LogP contribution is 2.26. The predicted octanol–water partition coefficient (Wildman–Crippen LogP) is 2.70. The third-order valence-corrected chi connectivity index (χ3v) is 4.55. The third-order valence-electron chi connectivity index (χ3n) is 3.39. The van der Waals surface area contributed by atoms with Crippen molar-refractivity contribution in [2.75, 3.05) is 6.61 Å². The van der Waals surface area contributed by atoms with E-state index in [2.05, 4.69) is 15.8 Å². The normalized spacial score (nSPS) is 15.2. The summed E-state index contributed by atoms with van der Waals surface area (Å²) in [5.41, 5.74) is 4.13. The lowest BCUT2D eigenvalue weighted by atomic mass is 10.2. The number of thioether (sulfide) groups is 1. The molecule has 1 aliphatic rings. The summed E-state index contributed by atoms with van der Waals surface area (Å²) in [6.07, 6.45) is 3.30. The number of hydrogen-bond donors (Lipinski definition) is 2. The molecule has 1 saturated heterocycles. The molecule has 27 heavy (non-hydrogen) atoms. The van der Waals surface area contributed by atoms with E-state index in [9.17, 15) is 9.59 Å². The van der Waals surface area contributed by atoms with Gasteiger partial charge in [-0.1, -0.05) is 66.4 Å². The first kappa shape index (κ1) is 18.8. The number of hydrogen-bond acceptors (Lipinski definition) is 6. The van der Waals surface area contributed by atoms with Crippen molar-refractivity contribution >= 4 is 52.4 Å². The number of nitrogens with zero attached hydrogens (tertiary/aromatic N) is 1. The number of carbonyl (C=O) groups excluding carboxylic acids is 2. The summed E-state index contributed by atoms with van der Waals surface area (Å²) in [5, 5.41) is 6.44. The van der Waals surface area contributed by atoms with Crippen molar-refractivity contribution in [3.63, 3.8) is 0 Å². The van der Waals surface area contributed by atoms with E-state index in [1.165, 1.54) is 11.8 Å². The maximum absolute atomic E-state index is 11.8. The summed E-state index contributed by atoms with van der Waals surface area (Å²) >= 11 is 6.18. The second-order valence-corrected chi connectivity index (χ2v) is 7.13. The van der Waals surface area contributed by atoms with E-state index in [-0.39, 0.29) is 18.4 Å². The van der Waals surface area contributed by atoms with Gasteiger partial charge in [0.05, 0.1) is 11.1 Å². The Bertz CT molecular complexity index is 910.